The number of sulfonamides is 1. The van der Waals surface area contributed by atoms with Crippen molar-refractivity contribution in [1.29, 1.82) is 0 Å². The lowest BCUT2D eigenvalue weighted by Crippen LogP contribution is -2.39. The number of hydrogen-bond acceptors (Lipinski definition) is 3. The van der Waals surface area contributed by atoms with Crippen LogP contribution in [0.25, 0.3) is 0 Å². The number of aryl methyl sites for hydroxylation is 1. The van der Waals surface area contributed by atoms with Gasteiger partial charge in [-0.05, 0) is 50.2 Å². The standard InChI is InChI=1S/C20H30N2O3S/c1-17-8-6-7-11-19(17)16-20(23)21-13-15-22(26(2,24)25)14-12-18-9-4-3-5-10-18/h6-9,11H,3-5,10,12-16H2,1-2H3,(H,21,23). The third-order valence-electron chi connectivity index (χ3n) is 4.83. The first-order valence-corrected chi connectivity index (χ1v) is 11.2. The van der Waals surface area contributed by atoms with E-state index in [1.54, 1.807) is 0 Å². The van der Waals surface area contributed by atoms with Gasteiger partial charge in [0.15, 0.2) is 0 Å². The van der Waals surface area contributed by atoms with Gasteiger partial charge in [0.25, 0.3) is 0 Å². The van der Waals surface area contributed by atoms with Crippen molar-refractivity contribution in [1.82, 2.24) is 9.62 Å². The van der Waals surface area contributed by atoms with Crippen LogP contribution in [-0.2, 0) is 21.2 Å². The van der Waals surface area contributed by atoms with Crippen LogP contribution in [0.15, 0.2) is 35.9 Å². The number of amides is 1. The Kier molecular flexibility index (Phi) is 7.85. The molecule has 1 aromatic rings. The van der Waals surface area contributed by atoms with Crippen LogP contribution in [0.4, 0.5) is 0 Å². The molecule has 26 heavy (non-hydrogen) atoms. The van der Waals surface area contributed by atoms with Crippen molar-refractivity contribution in [2.75, 3.05) is 25.9 Å². The average Bonchev–Trinajstić information content (AvgIpc) is 2.60. The van der Waals surface area contributed by atoms with Gasteiger partial charge >= 0.3 is 0 Å². The van der Waals surface area contributed by atoms with E-state index in [0.29, 0.717) is 26.1 Å². The molecule has 0 bridgehead atoms. The Morgan fingerprint density at radius 2 is 1.96 bits per heavy atom. The number of nitrogens with zero attached hydrogens (tertiary/aromatic N) is 1. The quantitative estimate of drug-likeness (QED) is 0.672. The van der Waals surface area contributed by atoms with E-state index in [4.69, 9.17) is 0 Å². The van der Waals surface area contributed by atoms with E-state index in [0.717, 1.165) is 30.4 Å². The van der Waals surface area contributed by atoms with Gasteiger partial charge in [0.2, 0.25) is 15.9 Å². The zero-order chi connectivity index (χ0) is 19.0. The third-order valence-corrected chi connectivity index (χ3v) is 6.14. The van der Waals surface area contributed by atoms with E-state index < -0.39 is 10.0 Å². The molecule has 2 rings (SSSR count). The molecule has 0 fully saturated rings. The fraction of sp³-hybridized carbons (Fsp3) is 0.550. The van der Waals surface area contributed by atoms with E-state index in [2.05, 4.69) is 11.4 Å². The molecule has 5 nitrogen and oxygen atoms in total. The van der Waals surface area contributed by atoms with Crippen molar-refractivity contribution in [3.05, 3.63) is 47.0 Å². The molecular weight excluding hydrogens is 348 g/mol. The fourth-order valence-electron chi connectivity index (χ4n) is 3.21. The highest BCUT2D eigenvalue weighted by atomic mass is 32.2. The molecular formula is C20H30N2O3S. The molecule has 0 unspecified atom stereocenters. The molecule has 0 saturated heterocycles. The number of benzene rings is 1. The molecule has 0 radical (unpaired) electrons. The molecule has 0 atom stereocenters. The Balaban J connectivity index is 1.80. The van der Waals surface area contributed by atoms with Gasteiger partial charge in [0.05, 0.1) is 12.7 Å². The van der Waals surface area contributed by atoms with Crippen molar-refractivity contribution in [2.24, 2.45) is 0 Å². The normalized spacial score (nSPS) is 15.0. The molecule has 1 amide bonds. The van der Waals surface area contributed by atoms with Crippen LogP contribution in [0.2, 0.25) is 0 Å². The molecule has 1 aliphatic carbocycles. The maximum Gasteiger partial charge on any atom is 0.224 e. The van der Waals surface area contributed by atoms with Gasteiger partial charge in [-0.1, -0.05) is 35.9 Å². The predicted octanol–water partition coefficient (Wildman–Crippen LogP) is 2.81. The average molecular weight is 379 g/mol. The minimum Gasteiger partial charge on any atom is -0.354 e. The van der Waals surface area contributed by atoms with Gasteiger partial charge in [-0.25, -0.2) is 12.7 Å². The summed E-state index contributed by atoms with van der Waals surface area (Å²) in [7, 11) is -3.27. The molecule has 0 heterocycles. The third kappa shape index (κ3) is 6.92. The number of rotatable bonds is 9. The van der Waals surface area contributed by atoms with E-state index in [1.165, 1.54) is 29.0 Å². The van der Waals surface area contributed by atoms with Crippen LogP contribution in [0.1, 0.15) is 43.2 Å². The summed E-state index contributed by atoms with van der Waals surface area (Å²) in [6.45, 7) is 3.11. The summed E-state index contributed by atoms with van der Waals surface area (Å²) >= 11 is 0. The molecule has 6 heteroatoms. The van der Waals surface area contributed by atoms with Gasteiger partial charge in [-0.2, -0.15) is 0 Å². The van der Waals surface area contributed by atoms with Crippen molar-refractivity contribution in [3.63, 3.8) is 0 Å². The maximum absolute atomic E-state index is 12.1. The molecule has 0 aromatic heterocycles. The lowest BCUT2D eigenvalue weighted by Gasteiger charge is -2.22. The first-order chi connectivity index (χ1) is 12.4. The van der Waals surface area contributed by atoms with Crippen LogP contribution < -0.4 is 5.32 Å². The molecule has 1 aliphatic rings. The van der Waals surface area contributed by atoms with Crippen LogP contribution in [0.3, 0.4) is 0 Å². The summed E-state index contributed by atoms with van der Waals surface area (Å²) in [6.07, 6.45) is 9.17. The molecule has 0 aliphatic heterocycles. The second kappa shape index (κ2) is 9.88. The predicted molar refractivity (Wildman–Crippen MR) is 105 cm³/mol. The summed E-state index contributed by atoms with van der Waals surface area (Å²) in [5.74, 6) is -0.0808. The molecule has 0 saturated carbocycles. The van der Waals surface area contributed by atoms with Gasteiger partial charge < -0.3 is 5.32 Å². The van der Waals surface area contributed by atoms with Gasteiger partial charge in [-0.15, -0.1) is 0 Å². The Hall–Kier alpha value is -1.66. The zero-order valence-electron chi connectivity index (χ0n) is 15.8. The SMILES string of the molecule is Cc1ccccc1CC(=O)NCCN(CCC1=CCCCC1)S(C)(=O)=O. The van der Waals surface area contributed by atoms with Crippen molar-refractivity contribution >= 4 is 15.9 Å². The number of carbonyl (C=O) groups excluding carboxylic acids is 1. The molecule has 1 N–H and O–H groups in total. The second-order valence-electron chi connectivity index (χ2n) is 6.97. The van der Waals surface area contributed by atoms with E-state index in [9.17, 15) is 13.2 Å². The van der Waals surface area contributed by atoms with Crippen LogP contribution in [-0.4, -0.2) is 44.5 Å². The highest BCUT2D eigenvalue weighted by molar-refractivity contribution is 7.88. The number of carbonyl (C=O) groups is 1. The molecule has 144 valence electrons. The van der Waals surface area contributed by atoms with Gasteiger partial charge in [0, 0.05) is 19.6 Å². The monoisotopic (exact) mass is 378 g/mol. The Bertz CT molecular complexity index is 741. The summed E-state index contributed by atoms with van der Waals surface area (Å²) in [5.41, 5.74) is 3.43. The van der Waals surface area contributed by atoms with Gasteiger partial charge in [0.1, 0.15) is 0 Å². The molecule has 1 aromatic carbocycles. The highest BCUT2D eigenvalue weighted by Gasteiger charge is 2.17. The van der Waals surface area contributed by atoms with Crippen LogP contribution >= 0.6 is 0 Å². The Morgan fingerprint density at radius 1 is 1.19 bits per heavy atom. The topological polar surface area (TPSA) is 66.5 Å². The lowest BCUT2D eigenvalue weighted by molar-refractivity contribution is -0.120. The number of hydrogen-bond donors (Lipinski definition) is 1. The first kappa shape index (κ1) is 20.6. The largest absolute Gasteiger partial charge is 0.354 e. The summed E-state index contributed by atoms with van der Waals surface area (Å²) in [4.78, 5) is 12.1. The minimum atomic E-state index is -3.27. The summed E-state index contributed by atoms with van der Waals surface area (Å²) in [5, 5.41) is 2.84. The smallest absolute Gasteiger partial charge is 0.224 e. The maximum atomic E-state index is 12.1. The van der Waals surface area contributed by atoms with Crippen molar-refractivity contribution in [2.45, 2.75) is 45.4 Å². The Labute approximate surface area is 157 Å². The Morgan fingerprint density at radius 3 is 2.62 bits per heavy atom. The summed E-state index contributed by atoms with van der Waals surface area (Å²) < 4.78 is 25.5. The zero-order valence-corrected chi connectivity index (χ0v) is 16.6. The molecule has 0 spiro atoms. The van der Waals surface area contributed by atoms with Crippen LogP contribution in [0, 0.1) is 6.92 Å². The fourth-order valence-corrected chi connectivity index (χ4v) is 4.05. The second-order valence-corrected chi connectivity index (χ2v) is 8.96. The number of allylic oxidation sites excluding steroid dienone is 1. The van der Waals surface area contributed by atoms with E-state index >= 15 is 0 Å². The number of nitrogens with one attached hydrogen (secondary N) is 1. The lowest BCUT2D eigenvalue weighted by atomic mass is 9.97. The van der Waals surface area contributed by atoms with Crippen molar-refractivity contribution in [3.8, 4) is 0 Å². The van der Waals surface area contributed by atoms with E-state index in [-0.39, 0.29) is 5.91 Å². The minimum absolute atomic E-state index is 0.0808. The summed E-state index contributed by atoms with van der Waals surface area (Å²) in [6, 6.07) is 7.78. The highest BCUT2D eigenvalue weighted by Crippen LogP contribution is 2.20. The van der Waals surface area contributed by atoms with Crippen molar-refractivity contribution < 1.29 is 13.2 Å². The van der Waals surface area contributed by atoms with Gasteiger partial charge in [-0.3, -0.25) is 4.79 Å². The first-order valence-electron chi connectivity index (χ1n) is 9.30. The van der Waals surface area contributed by atoms with Crippen LogP contribution in [0.5, 0.6) is 0 Å². The van der Waals surface area contributed by atoms with E-state index in [1.807, 2.05) is 31.2 Å².